The molecule has 0 saturated heterocycles. The molecule has 1 aromatic carbocycles. The topological polar surface area (TPSA) is 43.4 Å². The molecule has 1 atom stereocenters. The molecule has 2 aromatic rings. The summed E-state index contributed by atoms with van der Waals surface area (Å²) in [5.41, 5.74) is 1.22. The van der Waals surface area contributed by atoms with E-state index >= 15 is 0 Å². The number of ether oxygens (including phenoxy) is 2. The zero-order valence-electron chi connectivity index (χ0n) is 12.1. The Morgan fingerprint density at radius 3 is 2.70 bits per heavy atom. The summed E-state index contributed by atoms with van der Waals surface area (Å²) in [7, 11) is 3.30. The lowest BCUT2D eigenvalue weighted by Crippen LogP contribution is -2.21. The van der Waals surface area contributed by atoms with Crippen LogP contribution < -0.4 is 14.8 Å². The normalized spacial score (nSPS) is 12.2. The van der Waals surface area contributed by atoms with Gasteiger partial charge in [0.25, 0.3) is 0 Å². The van der Waals surface area contributed by atoms with E-state index in [1.807, 2.05) is 23.7 Å². The van der Waals surface area contributed by atoms with Crippen LogP contribution in [0.1, 0.15) is 23.5 Å². The highest BCUT2D eigenvalue weighted by Crippen LogP contribution is 2.27. The van der Waals surface area contributed by atoms with Crippen molar-refractivity contribution in [2.45, 2.75) is 19.4 Å². The summed E-state index contributed by atoms with van der Waals surface area (Å²) in [5.74, 6) is 1.54. The maximum absolute atomic E-state index is 5.31. The number of rotatable bonds is 7. The van der Waals surface area contributed by atoms with Gasteiger partial charge in [0.2, 0.25) is 0 Å². The van der Waals surface area contributed by atoms with Gasteiger partial charge in [0.15, 0.2) is 11.5 Å². The summed E-state index contributed by atoms with van der Waals surface area (Å²) in [6, 6.07) is 6.32. The minimum atomic E-state index is 0.287. The molecule has 0 fully saturated rings. The number of hydrogen-bond acceptors (Lipinski definition) is 5. The van der Waals surface area contributed by atoms with E-state index in [1.54, 1.807) is 25.6 Å². The largest absolute Gasteiger partial charge is 0.493 e. The first-order chi connectivity index (χ1) is 9.74. The van der Waals surface area contributed by atoms with Crippen LogP contribution in [-0.4, -0.2) is 25.7 Å². The lowest BCUT2D eigenvalue weighted by molar-refractivity contribution is 0.354. The molecule has 0 aliphatic heterocycles. The zero-order chi connectivity index (χ0) is 14.4. The van der Waals surface area contributed by atoms with E-state index in [0.717, 1.165) is 29.5 Å². The molecule has 0 amide bonds. The summed E-state index contributed by atoms with van der Waals surface area (Å²) in [6.45, 7) is 3.03. The SMILES string of the molecule is COc1ccc(CCN[C@@H](C)c2nccs2)cc1OC. The number of aromatic nitrogens is 1. The van der Waals surface area contributed by atoms with Gasteiger partial charge in [-0.3, -0.25) is 0 Å². The molecular formula is C15H20N2O2S. The van der Waals surface area contributed by atoms with Crippen molar-refractivity contribution in [1.29, 1.82) is 0 Å². The first-order valence-electron chi connectivity index (χ1n) is 6.58. The van der Waals surface area contributed by atoms with Gasteiger partial charge >= 0.3 is 0 Å². The van der Waals surface area contributed by atoms with E-state index in [2.05, 4.69) is 23.3 Å². The second-order valence-electron chi connectivity index (χ2n) is 4.49. The fraction of sp³-hybridized carbons (Fsp3) is 0.400. The number of nitrogens with one attached hydrogen (secondary N) is 1. The third-order valence-electron chi connectivity index (χ3n) is 3.13. The second kappa shape index (κ2) is 7.26. The molecule has 0 unspecified atom stereocenters. The van der Waals surface area contributed by atoms with Crippen LogP contribution >= 0.6 is 11.3 Å². The van der Waals surface area contributed by atoms with Gasteiger partial charge in [-0.05, 0) is 37.6 Å². The molecule has 0 aliphatic rings. The van der Waals surface area contributed by atoms with E-state index in [1.165, 1.54) is 5.56 Å². The van der Waals surface area contributed by atoms with Crippen molar-refractivity contribution in [2.24, 2.45) is 0 Å². The number of hydrogen-bond donors (Lipinski definition) is 1. The lowest BCUT2D eigenvalue weighted by Gasteiger charge is -2.12. The van der Waals surface area contributed by atoms with E-state index in [9.17, 15) is 0 Å². The average molecular weight is 292 g/mol. The number of nitrogens with zero attached hydrogens (tertiary/aromatic N) is 1. The van der Waals surface area contributed by atoms with Gasteiger partial charge in [-0.25, -0.2) is 4.98 Å². The molecule has 4 nitrogen and oxygen atoms in total. The van der Waals surface area contributed by atoms with Crippen molar-refractivity contribution in [3.63, 3.8) is 0 Å². The summed E-state index contributed by atoms with van der Waals surface area (Å²) in [6.07, 6.45) is 2.78. The highest BCUT2D eigenvalue weighted by atomic mass is 32.1. The van der Waals surface area contributed by atoms with Gasteiger partial charge < -0.3 is 14.8 Å². The molecule has 0 saturated carbocycles. The molecule has 1 heterocycles. The second-order valence-corrected chi connectivity index (χ2v) is 5.41. The Morgan fingerprint density at radius 2 is 2.05 bits per heavy atom. The van der Waals surface area contributed by atoms with Gasteiger partial charge in [-0.15, -0.1) is 11.3 Å². The predicted molar refractivity (Wildman–Crippen MR) is 81.8 cm³/mol. The van der Waals surface area contributed by atoms with Crippen LogP contribution in [0.2, 0.25) is 0 Å². The molecule has 0 radical (unpaired) electrons. The molecule has 0 spiro atoms. The van der Waals surface area contributed by atoms with Crippen LogP contribution in [-0.2, 0) is 6.42 Å². The smallest absolute Gasteiger partial charge is 0.160 e. The van der Waals surface area contributed by atoms with Crippen molar-refractivity contribution in [3.05, 3.63) is 40.3 Å². The Balaban J connectivity index is 1.88. The Kier molecular flexibility index (Phi) is 5.38. The fourth-order valence-electron chi connectivity index (χ4n) is 2.00. The van der Waals surface area contributed by atoms with E-state index in [0.29, 0.717) is 0 Å². The van der Waals surface area contributed by atoms with Crippen LogP contribution in [0.3, 0.4) is 0 Å². The minimum Gasteiger partial charge on any atom is -0.493 e. The maximum atomic E-state index is 5.31. The highest BCUT2D eigenvalue weighted by Gasteiger charge is 2.08. The molecule has 0 aliphatic carbocycles. The summed E-state index contributed by atoms with van der Waals surface area (Å²) in [5, 5.41) is 6.60. The molecule has 0 bridgehead atoms. The summed E-state index contributed by atoms with van der Waals surface area (Å²) in [4.78, 5) is 4.31. The average Bonchev–Trinajstić information content (AvgIpc) is 3.01. The fourth-order valence-corrected chi connectivity index (χ4v) is 2.68. The van der Waals surface area contributed by atoms with Crippen molar-refractivity contribution in [2.75, 3.05) is 20.8 Å². The maximum Gasteiger partial charge on any atom is 0.160 e. The van der Waals surface area contributed by atoms with Crippen molar-refractivity contribution in [1.82, 2.24) is 10.3 Å². The number of methoxy groups -OCH3 is 2. The Bertz CT molecular complexity index is 529. The quantitative estimate of drug-likeness (QED) is 0.852. The van der Waals surface area contributed by atoms with Crippen molar-refractivity contribution < 1.29 is 9.47 Å². The molecule has 1 N–H and O–H groups in total. The van der Waals surface area contributed by atoms with Crippen molar-refractivity contribution in [3.8, 4) is 11.5 Å². The van der Waals surface area contributed by atoms with Crippen LogP contribution in [0.5, 0.6) is 11.5 Å². The third-order valence-corrected chi connectivity index (χ3v) is 4.09. The first-order valence-corrected chi connectivity index (χ1v) is 7.46. The molecule has 108 valence electrons. The van der Waals surface area contributed by atoms with Crippen LogP contribution in [0.4, 0.5) is 0 Å². The predicted octanol–water partition coefficient (Wildman–Crippen LogP) is 3.05. The van der Waals surface area contributed by atoms with Crippen LogP contribution in [0.15, 0.2) is 29.8 Å². The first kappa shape index (κ1) is 14.8. The molecule has 2 rings (SSSR count). The third kappa shape index (κ3) is 3.71. The van der Waals surface area contributed by atoms with Crippen LogP contribution in [0, 0.1) is 0 Å². The van der Waals surface area contributed by atoms with Gasteiger partial charge in [0, 0.05) is 11.6 Å². The van der Waals surface area contributed by atoms with Gasteiger partial charge in [-0.1, -0.05) is 6.07 Å². The molecule has 20 heavy (non-hydrogen) atoms. The molecular weight excluding hydrogens is 272 g/mol. The van der Waals surface area contributed by atoms with Gasteiger partial charge in [0.1, 0.15) is 5.01 Å². The molecule has 5 heteroatoms. The van der Waals surface area contributed by atoms with Gasteiger partial charge in [-0.2, -0.15) is 0 Å². The monoisotopic (exact) mass is 292 g/mol. The van der Waals surface area contributed by atoms with Crippen molar-refractivity contribution >= 4 is 11.3 Å². The standard InChI is InChI=1S/C15H20N2O2S/c1-11(15-17-8-9-20-15)16-7-6-12-4-5-13(18-2)14(10-12)19-3/h4-5,8-11,16H,6-7H2,1-3H3/t11-/m0/s1. The van der Waals surface area contributed by atoms with Gasteiger partial charge in [0.05, 0.1) is 20.3 Å². The van der Waals surface area contributed by atoms with E-state index < -0.39 is 0 Å². The molecule has 1 aromatic heterocycles. The number of thiazole rings is 1. The number of benzene rings is 1. The highest BCUT2D eigenvalue weighted by molar-refractivity contribution is 7.09. The summed E-state index contributed by atoms with van der Waals surface area (Å²) >= 11 is 1.68. The van der Waals surface area contributed by atoms with E-state index in [-0.39, 0.29) is 6.04 Å². The van der Waals surface area contributed by atoms with E-state index in [4.69, 9.17) is 9.47 Å². The minimum absolute atomic E-state index is 0.287. The Labute approximate surface area is 123 Å². The Hall–Kier alpha value is -1.59. The zero-order valence-corrected chi connectivity index (χ0v) is 12.9. The van der Waals surface area contributed by atoms with Crippen LogP contribution in [0.25, 0.3) is 0 Å². The Morgan fingerprint density at radius 1 is 1.25 bits per heavy atom. The lowest BCUT2D eigenvalue weighted by atomic mass is 10.1. The summed E-state index contributed by atoms with van der Waals surface area (Å²) < 4.78 is 10.5.